The number of hydrogen-bond acceptors (Lipinski definition) is 5. The summed E-state index contributed by atoms with van der Waals surface area (Å²) in [5.41, 5.74) is -0.196. The van der Waals surface area contributed by atoms with Gasteiger partial charge in [0.15, 0.2) is 0 Å². The van der Waals surface area contributed by atoms with E-state index < -0.39 is 10.5 Å². The fraction of sp³-hybridized carbons (Fsp3) is 0.278. The van der Waals surface area contributed by atoms with Crippen LogP contribution in [0.15, 0.2) is 54.6 Å². The van der Waals surface area contributed by atoms with Gasteiger partial charge in [-0.1, -0.05) is 42.5 Å². The molecule has 0 aromatic heterocycles. The van der Waals surface area contributed by atoms with Crippen LogP contribution in [0.4, 0.5) is 11.4 Å². The predicted octanol–water partition coefficient (Wildman–Crippen LogP) is 2.42. The number of nitrogens with zero attached hydrogens (tertiary/aromatic N) is 1. The van der Waals surface area contributed by atoms with E-state index in [0.717, 1.165) is 0 Å². The number of nitro benzene ring substituents is 1. The summed E-state index contributed by atoms with van der Waals surface area (Å²) in [6.07, 6.45) is -0.0670. The van der Waals surface area contributed by atoms with Crippen LogP contribution in [0.5, 0.6) is 0 Å². The lowest BCUT2D eigenvalue weighted by Gasteiger charge is -2.23. The Hall–Kier alpha value is -2.93. The molecule has 7 heteroatoms. The molecule has 1 amide bonds. The van der Waals surface area contributed by atoms with E-state index in [4.69, 9.17) is 0 Å². The summed E-state index contributed by atoms with van der Waals surface area (Å²) in [6.45, 7) is 2.22. The van der Waals surface area contributed by atoms with Gasteiger partial charge in [-0.15, -0.1) is 0 Å². The predicted molar refractivity (Wildman–Crippen MR) is 95.2 cm³/mol. The molecule has 0 heterocycles. The van der Waals surface area contributed by atoms with Gasteiger partial charge >= 0.3 is 0 Å². The van der Waals surface area contributed by atoms with Gasteiger partial charge in [0.25, 0.3) is 5.69 Å². The summed E-state index contributed by atoms with van der Waals surface area (Å²) in [7, 11) is 0. The van der Waals surface area contributed by atoms with E-state index in [1.165, 1.54) is 6.07 Å². The quantitative estimate of drug-likeness (QED) is 0.388. The summed E-state index contributed by atoms with van der Waals surface area (Å²) in [5.74, 6) is -0.293. The minimum Gasteiger partial charge on any atom is -0.385 e. The second kappa shape index (κ2) is 8.25. The van der Waals surface area contributed by atoms with Crippen molar-refractivity contribution in [2.75, 3.05) is 18.4 Å². The Morgan fingerprint density at radius 1 is 1.12 bits per heavy atom. The van der Waals surface area contributed by atoms with Crippen LogP contribution in [0.2, 0.25) is 0 Å². The zero-order valence-electron chi connectivity index (χ0n) is 13.9. The SMILES string of the molecule is CC(O)(CC(=O)NCCNc1ccccc1[N+](=O)[O-])c1ccccc1. The lowest BCUT2D eigenvalue weighted by atomic mass is 9.92. The average molecular weight is 343 g/mol. The Balaban J connectivity index is 1.81. The summed E-state index contributed by atoms with van der Waals surface area (Å²) >= 11 is 0. The molecule has 2 aromatic carbocycles. The van der Waals surface area contributed by atoms with Crippen LogP contribution in [0.3, 0.4) is 0 Å². The molecular formula is C18H21N3O4. The lowest BCUT2D eigenvalue weighted by molar-refractivity contribution is -0.384. The Morgan fingerprint density at radius 2 is 1.76 bits per heavy atom. The summed E-state index contributed by atoms with van der Waals surface area (Å²) in [5, 5.41) is 27.0. The highest BCUT2D eigenvalue weighted by Crippen LogP contribution is 2.24. The van der Waals surface area contributed by atoms with Gasteiger partial charge in [-0.25, -0.2) is 0 Å². The van der Waals surface area contributed by atoms with Crippen molar-refractivity contribution < 1.29 is 14.8 Å². The molecule has 25 heavy (non-hydrogen) atoms. The Morgan fingerprint density at radius 3 is 2.44 bits per heavy atom. The van der Waals surface area contributed by atoms with Crippen LogP contribution >= 0.6 is 0 Å². The largest absolute Gasteiger partial charge is 0.385 e. The first-order valence-electron chi connectivity index (χ1n) is 7.92. The van der Waals surface area contributed by atoms with E-state index in [9.17, 15) is 20.0 Å². The molecule has 7 nitrogen and oxygen atoms in total. The molecule has 0 aliphatic carbocycles. The zero-order chi connectivity index (χ0) is 18.3. The topological polar surface area (TPSA) is 104 Å². The smallest absolute Gasteiger partial charge is 0.292 e. The van der Waals surface area contributed by atoms with Crippen molar-refractivity contribution in [3.8, 4) is 0 Å². The number of carbonyl (C=O) groups is 1. The monoisotopic (exact) mass is 343 g/mol. The Kier molecular flexibility index (Phi) is 6.08. The van der Waals surface area contributed by atoms with Gasteiger partial charge in [0.05, 0.1) is 16.9 Å². The highest BCUT2D eigenvalue weighted by Gasteiger charge is 2.26. The zero-order valence-corrected chi connectivity index (χ0v) is 13.9. The number of hydrogen-bond donors (Lipinski definition) is 3. The summed E-state index contributed by atoms with van der Waals surface area (Å²) in [6, 6.07) is 15.3. The lowest BCUT2D eigenvalue weighted by Crippen LogP contribution is -2.35. The minimum atomic E-state index is -1.25. The van der Waals surface area contributed by atoms with Crippen LogP contribution in [-0.2, 0) is 10.4 Å². The fourth-order valence-corrected chi connectivity index (χ4v) is 2.46. The molecule has 132 valence electrons. The van der Waals surface area contributed by atoms with Crippen LogP contribution < -0.4 is 10.6 Å². The number of rotatable bonds is 8. The highest BCUT2D eigenvalue weighted by molar-refractivity contribution is 5.77. The molecule has 0 saturated carbocycles. The number of amides is 1. The van der Waals surface area contributed by atoms with Gasteiger partial charge in [0.1, 0.15) is 5.69 Å². The summed E-state index contributed by atoms with van der Waals surface area (Å²) < 4.78 is 0. The van der Waals surface area contributed by atoms with Gasteiger partial charge in [-0.2, -0.15) is 0 Å². The van der Waals surface area contributed by atoms with Gasteiger partial charge in [-0.05, 0) is 18.6 Å². The molecule has 0 saturated heterocycles. The van der Waals surface area contributed by atoms with Crippen molar-refractivity contribution >= 4 is 17.3 Å². The van der Waals surface area contributed by atoms with Crippen LogP contribution in [-0.4, -0.2) is 29.0 Å². The third-order valence-corrected chi connectivity index (χ3v) is 3.76. The number of para-hydroxylation sites is 2. The Bertz CT molecular complexity index is 732. The number of aliphatic hydroxyl groups is 1. The number of nitrogens with one attached hydrogen (secondary N) is 2. The van der Waals surface area contributed by atoms with Crippen molar-refractivity contribution in [3.05, 3.63) is 70.3 Å². The highest BCUT2D eigenvalue weighted by atomic mass is 16.6. The van der Waals surface area contributed by atoms with E-state index in [-0.39, 0.29) is 24.6 Å². The van der Waals surface area contributed by atoms with Crippen LogP contribution in [0.1, 0.15) is 18.9 Å². The number of anilines is 1. The van der Waals surface area contributed by atoms with Gasteiger partial charge in [-0.3, -0.25) is 14.9 Å². The maximum atomic E-state index is 12.0. The molecule has 1 atom stereocenters. The third-order valence-electron chi connectivity index (χ3n) is 3.76. The maximum absolute atomic E-state index is 12.0. The number of carbonyl (C=O) groups excluding carboxylic acids is 1. The molecule has 0 aliphatic rings. The van der Waals surface area contributed by atoms with E-state index in [2.05, 4.69) is 10.6 Å². The second-order valence-corrected chi connectivity index (χ2v) is 5.87. The molecule has 0 bridgehead atoms. The fourth-order valence-electron chi connectivity index (χ4n) is 2.46. The standard InChI is InChI=1S/C18H21N3O4/c1-18(23,14-7-3-2-4-8-14)13-17(22)20-12-11-19-15-9-5-6-10-16(15)21(24)25/h2-10,19,23H,11-13H2,1H3,(H,20,22). The van der Waals surface area contributed by atoms with Crippen LogP contribution in [0, 0.1) is 10.1 Å². The first kappa shape index (κ1) is 18.4. The molecule has 0 fully saturated rings. The van der Waals surface area contributed by atoms with Crippen LogP contribution in [0.25, 0.3) is 0 Å². The van der Waals surface area contributed by atoms with E-state index >= 15 is 0 Å². The molecular weight excluding hydrogens is 322 g/mol. The normalized spacial score (nSPS) is 12.9. The average Bonchev–Trinajstić information content (AvgIpc) is 2.59. The minimum absolute atomic E-state index is 0.0131. The second-order valence-electron chi connectivity index (χ2n) is 5.87. The first-order chi connectivity index (χ1) is 11.9. The van der Waals surface area contributed by atoms with E-state index in [0.29, 0.717) is 17.8 Å². The van der Waals surface area contributed by atoms with Crippen molar-refractivity contribution in [2.24, 2.45) is 0 Å². The molecule has 3 N–H and O–H groups in total. The molecule has 0 radical (unpaired) electrons. The molecule has 2 rings (SSSR count). The molecule has 0 spiro atoms. The van der Waals surface area contributed by atoms with Crippen molar-refractivity contribution in [2.45, 2.75) is 18.9 Å². The van der Waals surface area contributed by atoms with E-state index in [1.54, 1.807) is 49.4 Å². The van der Waals surface area contributed by atoms with Crippen molar-refractivity contribution in [1.29, 1.82) is 0 Å². The van der Waals surface area contributed by atoms with Gasteiger partial charge in [0.2, 0.25) is 5.91 Å². The third kappa shape index (κ3) is 5.29. The van der Waals surface area contributed by atoms with Crippen molar-refractivity contribution in [1.82, 2.24) is 5.32 Å². The van der Waals surface area contributed by atoms with E-state index in [1.807, 2.05) is 6.07 Å². The molecule has 1 unspecified atom stereocenters. The molecule has 2 aromatic rings. The number of benzene rings is 2. The first-order valence-corrected chi connectivity index (χ1v) is 7.92. The van der Waals surface area contributed by atoms with Crippen molar-refractivity contribution in [3.63, 3.8) is 0 Å². The van der Waals surface area contributed by atoms with Gasteiger partial charge in [0, 0.05) is 19.2 Å². The summed E-state index contributed by atoms with van der Waals surface area (Å²) in [4.78, 5) is 22.5. The van der Waals surface area contributed by atoms with Gasteiger partial charge < -0.3 is 15.7 Å². The molecule has 0 aliphatic heterocycles. The maximum Gasteiger partial charge on any atom is 0.292 e. The number of nitro groups is 1. The Labute approximate surface area is 145 Å².